The van der Waals surface area contributed by atoms with E-state index in [1.807, 2.05) is 12.1 Å². The summed E-state index contributed by atoms with van der Waals surface area (Å²) in [7, 11) is 0. The van der Waals surface area contributed by atoms with Crippen LogP contribution in [-0.4, -0.2) is 28.6 Å². The molecule has 0 saturated carbocycles. The van der Waals surface area contributed by atoms with Crippen LogP contribution in [0.1, 0.15) is 72.0 Å². The molecule has 3 heterocycles. The molecule has 36 heavy (non-hydrogen) atoms. The zero-order valence-electron chi connectivity index (χ0n) is 22.0. The normalized spacial score (nSPS) is 16.9. The van der Waals surface area contributed by atoms with Gasteiger partial charge >= 0.3 is 5.97 Å². The van der Waals surface area contributed by atoms with Crippen LogP contribution >= 0.6 is 0 Å². The second kappa shape index (κ2) is 9.45. The Balaban J connectivity index is 1.82. The number of pyridine rings is 1. The molecule has 186 valence electrons. The third-order valence-corrected chi connectivity index (χ3v) is 7.45. The van der Waals surface area contributed by atoms with E-state index in [-0.39, 0.29) is 5.97 Å². The lowest BCUT2D eigenvalue weighted by Gasteiger charge is -2.32. The fourth-order valence-electron chi connectivity index (χ4n) is 6.01. The number of hydrogen-bond acceptors (Lipinski definition) is 4. The van der Waals surface area contributed by atoms with Crippen molar-refractivity contribution in [2.75, 3.05) is 18.0 Å². The summed E-state index contributed by atoms with van der Waals surface area (Å²) < 4.78 is 8.79. The van der Waals surface area contributed by atoms with Gasteiger partial charge in [0.1, 0.15) is 5.69 Å². The molecule has 0 aliphatic carbocycles. The first-order valence-electron chi connectivity index (χ1n) is 13.1. The van der Waals surface area contributed by atoms with E-state index in [1.165, 1.54) is 5.69 Å². The number of rotatable bonds is 8. The Morgan fingerprint density at radius 1 is 0.972 bits per heavy atom. The van der Waals surface area contributed by atoms with Crippen molar-refractivity contribution in [1.29, 1.82) is 0 Å². The summed E-state index contributed by atoms with van der Waals surface area (Å²) in [6.07, 6.45) is 3.95. The Labute approximate surface area is 213 Å². The first kappa shape index (κ1) is 24.1. The number of cyclic esters (lactones) is 1. The van der Waals surface area contributed by atoms with E-state index in [2.05, 4.69) is 86.6 Å². The number of benzene rings is 2. The van der Waals surface area contributed by atoms with Crippen LogP contribution in [0.15, 0.2) is 60.8 Å². The van der Waals surface area contributed by atoms with Crippen LogP contribution in [0.3, 0.4) is 0 Å². The highest BCUT2D eigenvalue weighted by molar-refractivity contribution is 5.98. The van der Waals surface area contributed by atoms with Crippen molar-refractivity contribution in [3.05, 3.63) is 94.4 Å². The molecule has 4 aromatic rings. The lowest BCUT2D eigenvalue weighted by molar-refractivity contribution is 0.0244. The summed E-state index contributed by atoms with van der Waals surface area (Å²) in [6.45, 7) is 13.7. The lowest BCUT2D eigenvalue weighted by atomic mass is 9.79. The Hall–Kier alpha value is -3.60. The van der Waals surface area contributed by atoms with Crippen LogP contribution in [-0.2, 0) is 16.9 Å². The van der Waals surface area contributed by atoms with Crippen LogP contribution < -0.4 is 4.90 Å². The molecule has 0 saturated heterocycles. The molecule has 1 atom stereocenters. The minimum atomic E-state index is -1.11. The smallest absolute Gasteiger partial charge is 0.341 e. The van der Waals surface area contributed by atoms with E-state index < -0.39 is 5.60 Å². The standard InChI is InChI=1S/C31H35N3O2/c1-6-18-33(19-7-2)23-15-16-26(21(4)20-23)31(29-25(30(35)36-31)13-11-17-32-29)28-22(5)34(8-3)27-14-10-9-12-24(27)28/h9-17,20H,6-8,18-19H2,1-5H3. The van der Waals surface area contributed by atoms with Crippen molar-refractivity contribution in [1.82, 2.24) is 9.55 Å². The summed E-state index contributed by atoms with van der Waals surface area (Å²) in [5, 5.41) is 1.09. The van der Waals surface area contributed by atoms with Gasteiger partial charge in [-0.3, -0.25) is 4.98 Å². The van der Waals surface area contributed by atoms with Crippen molar-refractivity contribution in [3.63, 3.8) is 0 Å². The number of aryl methyl sites for hydroxylation is 2. The van der Waals surface area contributed by atoms with Gasteiger partial charge in [-0.15, -0.1) is 0 Å². The van der Waals surface area contributed by atoms with Gasteiger partial charge in [0.25, 0.3) is 0 Å². The van der Waals surface area contributed by atoms with Gasteiger partial charge in [-0.05, 0) is 69.5 Å². The predicted octanol–water partition coefficient (Wildman–Crippen LogP) is 6.76. The fourth-order valence-corrected chi connectivity index (χ4v) is 6.01. The molecule has 1 unspecified atom stereocenters. The van der Waals surface area contributed by atoms with Crippen LogP contribution in [0.5, 0.6) is 0 Å². The fraction of sp³-hybridized carbons (Fsp3) is 0.355. The first-order chi connectivity index (χ1) is 17.5. The molecule has 1 aliphatic heterocycles. The summed E-state index contributed by atoms with van der Waals surface area (Å²) >= 11 is 0. The molecular formula is C31H35N3O2. The number of para-hydroxylation sites is 1. The lowest BCUT2D eigenvalue weighted by Crippen LogP contribution is -2.32. The molecule has 0 fully saturated rings. The molecule has 0 spiro atoms. The summed E-state index contributed by atoms with van der Waals surface area (Å²) in [5.41, 5.74) is 6.58. The third-order valence-electron chi connectivity index (χ3n) is 7.45. The van der Waals surface area contributed by atoms with Crippen LogP contribution in [0, 0.1) is 13.8 Å². The number of esters is 1. The monoisotopic (exact) mass is 481 g/mol. The number of fused-ring (bicyclic) bond motifs is 2. The Morgan fingerprint density at radius 3 is 2.42 bits per heavy atom. The van der Waals surface area contributed by atoms with Crippen molar-refractivity contribution < 1.29 is 9.53 Å². The third kappa shape index (κ3) is 3.52. The molecule has 2 aromatic carbocycles. The van der Waals surface area contributed by atoms with Crippen LogP contribution in [0.2, 0.25) is 0 Å². The molecule has 0 N–H and O–H groups in total. The number of carbonyl (C=O) groups excluding carboxylic acids is 1. The number of aromatic nitrogens is 2. The number of hydrogen-bond donors (Lipinski definition) is 0. The van der Waals surface area contributed by atoms with E-state index in [9.17, 15) is 4.79 Å². The van der Waals surface area contributed by atoms with E-state index in [0.717, 1.165) is 65.8 Å². The van der Waals surface area contributed by atoms with Crippen LogP contribution in [0.25, 0.3) is 10.9 Å². The number of carbonyl (C=O) groups is 1. The van der Waals surface area contributed by atoms with Gasteiger partial charge in [-0.25, -0.2) is 4.79 Å². The molecule has 0 bridgehead atoms. The Bertz CT molecular complexity index is 1430. The topological polar surface area (TPSA) is 47.4 Å². The summed E-state index contributed by atoms with van der Waals surface area (Å²) in [5.74, 6) is -0.326. The Kier molecular flexibility index (Phi) is 6.33. The van der Waals surface area contributed by atoms with Gasteiger partial charge in [-0.1, -0.05) is 38.1 Å². The molecule has 2 aromatic heterocycles. The zero-order valence-corrected chi connectivity index (χ0v) is 22.0. The highest BCUT2D eigenvalue weighted by Gasteiger charge is 2.53. The number of ether oxygens (including phenoxy) is 1. The summed E-state index contributed by atoms with van der Waals surface area (Å²) in [6, 6.07) is 18.6. The predicted molar refractivity (Wildman–Crippen MR) is 146 cm³/mol. The molecule has 5 nitrogen and oxygen atoms in total. The average molecular weight is 482 g/mol. The second-order valence-electron chi connectivity index (χ2n) is 9.68. The van der Waals surface area contributed by atoms with Gasteiger partial charge in [0.2, 0.25) is 5.60 Å². The van der Waals surface area contributed by atoms with E-state index in [0.29, 0.717) is 11.3 Å². The Morgan fingerprint density at radius 2 is 1.72 bits per heavy atom. The highest BCUT2D eigenvalue weighted by atomic mass is 16.6. The molecule has 1 aliphatic rings. The largest absolute Gasteiger partial charge is 0.439 e. The van der Waals surface area contributed by atoms with Crippen LogP contribution in [0.4, 0.5) is 5.69 Å². The highest BCUT2D eigenvalue weighted by Crippen LogP contribution is 2.51. The van der Waals surface area contributed by atoms with E-state index in [4.69, 9.17) is 9.72 Å². The first-order valence-corrected chi connectivity index (χ1v) is 13.1. The average Bonchev–Trinajstić information content (AvgIpc) is 3.34. The van der Waals surface area contributed by atoms with E-state index in [1.54, 1.807) is 6.20 Å². The van der Waals surface area contributed by atoms with E-state index >= 15 is 0 Å². The van der Waals surface area contributed by atoms with Crippen molar-refractivity contribution in [3.8, 4) is 0 Å². The van der Waals surface area contributed by atoms with Gasteiger partial charge in [-0.2, -0.15) is 0 Å². The maximum Gasteiger partial charge on any atom is 0.341 e. The second-order valence-corrected chi connectivity index (χ2v) is 9.68. The molecule has 0 amide bonds. The van der Waals surface area contributed by atoms with Gasteiger partial charge in [0, 0.05) is 59.2 Å². The minimum Gasteiger partial charge on any atom is -0.439 e. The van der Waals surface area contributed by atoms with Crippen molar-refractivity contribution in [2.24, 2.45) is 0 Å². The molecule has 5 heteroatoms. The summed E-state index contributed by atoms with van der Waals surface area (Å²) in [4.78, 5) is 20.6. The van der Waals surface area contributed by atoms with Crippen molar-refractivity contribution in [2.45, 2.75) is 59.6 Å². The van der Waals surface area contributed by atoms with Gasteiger partial charge in [0.05, 0.1) is 5.56 Å². The molecule has 5 rings (SSSR count). The SMILES string of the molecule is CCCN(CCC)c1ccc(C2(c3c(C)n(CC)c4ccccc34)OC(=O)c3cccnc32)c(C)c1. The van der Waals surface area contributed by atoms with Gasteiger partial charge < -0.3 is 14.2 Å². The zero-order chi connectivity index (χ0) is 25.4. The molecular weight excluding hydrogens is 446 g/mol. The number of nitrogens with zero attached hydrogens (tertiary/aromatic N) is 3. The van der Waals surface area contributed by atoms with Crippen molar-refractivity contribution >= 4 is 22.6 Å². The maximum absolute atomic E-state index is 13.3. The van der Waals surface area contributed by atoms with Gasteiger partial charge in [0.15, 0.2) is 0 Å². The minimum absolute atomic E-state index is 0.326. The quantitative estimate of drug-likeness (QED) is 0.261. The maximum atomic E-state index is 13.3. The molecule has 0 radical (unpaired) electrons. The number of anilines is 1.